The molecule has 0 aromatic heterocycles. The molecule has 0 aliphatic heterocycles. The van der Waals surface area contributed by atoms with Gasteiger partial charge in [0.25, 0.3) is 12.6 Å². The highest BCUT2D eigenvalue weighted by molar-refractivity contribution is 5.36. The van der Waals surface area contributed by atoms with Crippen molar-refractivity contribution in [2.45, 2.75) is 0 Å². The van der Waals surface area contributed by atoms with Crippen molar-refractivity contribution >= 4 is 12.6 Å². The summed E-state index contributed by atoms with van der Waals surface area (Å²) in [7, 11) is 0. The second-order valence-electron chi connectivity index (χ2n) is 1.60. The van der Waals surface area contributed by atoms with Crippen LogP contribution in [0.5, 0.6) is 0 Å². The minimum absolute atomic E-state index is 0.177. The smallest absolute Gasteiger partial charge is 0.293 e. The molecule has 0 N–H and O–H groups in total. The Labute approximate surface area is 69.1 Å². The first-order valence-electron chi connectivity index (χ1n) is 3.24. The average Bonchev–Trinajstić information content (AvgIpc) is 2.10. The Morgan fingerprint density at radius 3 is 2.67 bits per heavy atom. The van der Waals surface area contributed by atoms with Crippen molar-refractivity contribution in [1.29, 1.82) is 0 Å². The largest absolute Gasteiger partial charge is 0.465 e. The number of ether oxygens (including phenoxy) is 2. The Hall–Kier alpha value is -1.39. The van der Waals surface area contributed by atoms with Gasteiger partial charge >= 0.3 is 0 Å². The molecule has 0 aromatic carbocycles. The van der Waals surface area contributed by atoms with Crippen LogP contribution in [0, 0.1) is 0 Å². The molecule has 6 heteroatoms. The number of rotatable bonds is 8. The monoisotopic (exact) mass is 175 g/mol. The lowest BCUT2D eigenvalue weighted by Crippen LogP contribution is -2.07. The van der Waals surface area contributed by atoms with Crippen LogP contribution in [0.1, 0.15) is 0 Å². The van der Waals surface area contributed by atoms with Crippen molar-refractivity contribution in [2.24, 2.45) is 5.16 Å². The van der Waals surface area contributed by atoms with Gasteiger partial charge in [-0.15, -0.1) is 0 Å². The van der Waals surface area contributed by atoms with Crippen molar-refractivity contribution in [3.63, 3.8) is 0 Å². The Balaban J connectivity index is 2.90. The van der Waals surface area contributed by atoms with E-state index in [1.54, 1.807) is 0 Å². The molecule has 0 saturated heterocycles. The van der Waals surface area contributed by atoms with Crippen LogP contribution >= 0.6 is 0 Å². The molecular weight excluding hydrogens is 166 g/mol. The molecule has 0 unspecified atom stereocenters. The summed E-state index contributed by atoms with van der Waals surface area (Å²) in [5.41, 5.74) is 0. The number of hydrogen-bond acceptors (Lipinski definition) is 6. The maximum absolute atomic E-state index is 9.62. The fraction of sp³-hybridized carbons (Fsp3) is 0.667. The lowest BCUT2D eigenvalue weighted by molar-refractivity contribution is -0.130. The van der Waals surface area contributed by atoms with Crippen molar-refractivity contribution in [1.82, 2.24) is 0 Å². The van der Waals surface area contributed by atoms with Crippen molar-refractivity contribution in [2.75, 3.05) is 26.4 Å². The van der Waals surface area contributed by atoms with Gasteiger partial charge < -0.3 is 14.3 Å². The predicted octanol–water partition coefficient (Wildman–Crippen LogP) is -0.557. The first-order chi connectivity index (χ1) is 5.91. The van der Waals surface area contributed by atoms with E-state index in [1.165, 1.54) is 6.08 Å². The number of hydrogen-bond donors (Lipinski definition) is 0. The molecule has 0 heterocycles. The van der Waals surface area contributed by atoms with Crippen LogP contribution in [0.15, 0.2) is 5.16 Å². The maximum atomic E-state index is 9.62. The summed E-state index contributed by atoms with van der Waals surface area (Å²) >= 11 is 0. The summed E-state index contributed by atoms with van der Waals surface area (Å²) in [5, 5.41) is 2.83. The van der Waals surface area contributed by atoms with Gasteiger partial charge in [0, 0.05) is 5.16 Å². The number of carbonyl (C=O) groups is 1. The third-order valence-corrected chi connectivity index (χ3v) is 0.834. The van der Waals surface area contributed by atoms with E-state index >= 15 is 0 Å². The molecule has 0 radical (unpaired) electrons. The van der Waals surface area contributed by atoms with Crippen molar-refractivity contribution in [3.05, 3.63) is 0 Å². The first kappa shape index (κ1) is 10.6. The zero-order valence-corrected chi connectivity index (χ0v) is 6.39. The molecule has 0 aromatic rings. The summed E-state index contributed by atoms with van der Waals surface area (Å²) in [5.74, 6) is 0. The molecule has 6 nitrogen and oxygen atoms in total. The molecule has 0 aliphatic carbocycles. The molecule has 12 heavy (non-hydrogen) atoms. The molecule has 0 amide bonds. The third kappa shape index (κ3) is 8.61. The van der Waals surface area contributed by atoms with Crippen LogP contribution in [0.3, 0.4) is 0 Å². The summed E-state index contributed by atoms with van der Waals surface area (Å²) in [6.07, 6.45) is 1.21. The fourth-order valence-electron chi connectivity index (χ4n) is 0.425. The van der Waals surface area contributed by atoms with Gasteiger partial charge in [0.05, 0.1) is 13.2 Å². The number of nitrogens with zero attached hydrogens (tertiary/aromatic N) is 1. The fourth-order valence-corrected chi connectivity index (χ4v) is 0.425. The molecule has 0 aliphatic rings. The van der Waals surface area contributed by atoms with Gasteiger partial charge in [-0.25, -0.2) is 4.79 Å². The van der Waals surface area contributed by atoms with E-state index in [2.05, 4.69) is 14.7 Å². The summed E-state index contributed by atoms with van der Waals surface area (Å²) in [6.45, 7) is 1.31. The Bertz CT molecular complexity index is 154. The van der Waals surface area contributed by atoms with Gasteiger partial charge in [0.2, 0.25) is 0 Å². The second-order valence-corrected chi connectivity index (χ2v) is 1.60. The van der Waals surface area contributed by atoms with Gasteiger partial charge in [-0.1, -0.05) is 0 Å². The van der Waals surface area contributed by atoms with Crippen LogP contribution in [0.25, 0.3) is 0 Å². The molecule has 0 saturated carbocycles. The van der Waals surface area contributed by atoms with Crippen LogP contribution in [0.2, 0.25) is 0 Å². The van der Waals surface area contributed by atoms with Crippen LogP contribution in [0.4, 0.5) is 0 Å². The van der Waals surface area contributed by atoms with Gasteiger partial charge in [0.15, 0.2) is 0 Å². The summed E-state index contributed by atoms with van der Waals surface area (Å²) in [4.78, 5) is 23.4. The number of isocyanates is 1. The SMILES string of the molecule is O=C=NOCCOCCOC=O. The molecule has 0 spiro atoms. The van der Waals surface area contributed by atoms with Crippen LogP contribution in [-0.4, -0.2) is 39.0 Å². The second kappa shape index (κ2) is 9.61. The molecular formula is C6H9NO5. The number of carbonyl (C=O) groups excluding carboxylic acids is 2. The van der Waals surface area contributed by atoms with Crippen LogP contribution < -0.4 is 0 Å². The van der Waals surface area contributed by atoms with Gasteiger partial charge in [-0.05, 0) is 0 Å². The van der Waals surface area contributed by atoms with Crippen LogP contribution in [-0.2, 0) is 23.9 Å². The minimum Gasteiger partial charge on any atom is -0.465 e. The van der Waals surface area contributed by atoms with Gasteiger partial charge in [-0.3, -0.25) is 4.79 Å². The van der Waals surface area contributed by atoms with Crippen molar-refractivity contribution in [3.8, 4) is 0 Å². The highest BCUT2D eigenvalue weighted by Gasteiger charge is 1.88. The first-order valence-corrected chi connectivity index (χ1v) is 3.24. The molecule has 0 rings (SSSR count). The quantitative estimate of drug-likeness (QED) is 0.162. The minimum atomic E-state index is 0.177. The lowest BCUT2D eigenvalue weighted by Gasteiger charge is -2.00. The standard InChI is InChI=1S/C6H9NO5/c8-5-7-12-4-3-10-1-2-11-6-9/h6H,1-4H2. The third-order valence-electron chi connectivity index (χ3n) is 0.834. The van der Waals surface area contributed by atoms with Gasteiger partial charge in [0.1, 0.15) is 13.2 Å². The Kier molecular flexibility index (Phi) is 8.50. The maximum Gasteiger partial charge on any atom is 0.293 e. The van der Waals surface area contributed by atoms with E-state index in [0.717, 1.165) is 0 Å². The van der Waals surface area contributed by atoms with E-state index in [4.69, 9.17) is 4.74 Å². The zero-order valence-electron chi connectivity index (χ0n) is 6.39. The zero-order chi connectivity index (χ0) is 9.07. The van der Waals surface area contributed by atoms with E-state index in [9.17, 15) is 9.59 Å². The Morgan fingerprint density at radius 1 is 1.25 bits per heavy atom. The van der Waals surface area contributed by atoms with E-state index in [-0.39, 0.29) is 19.8 Å². The highest BCUT2D eigenvalue weighted by Crippen LogP contribution is 1.78. The van der Waals surface area contributed by atoms with E-state index in [0.29, 0.717) is 13.1 Å². The van der Waals surface area contributed by atoms with Crippen molar-refractivity contribution < 1.29 is 23.9 Å². The topological polar surface area (TPSA) is 74.2 Å². The highest BCUT2D eigenvalue weighted by atomic mass is 16.6. The normalized spacial score (nSPS) is 8.33. The lowest BCUT2D eigenvalue weighted by atomic mass is 10.7. The summed E-state index contributed by atoms with van der Waals surface area (Å²) < 4.78 is 9.21. The molecule has 68 valence electrons. The predicted molar refractivity (Wildman–Crippen MR) is 36.9 cm³/mol. The summed E-state index contributed by atoms with van der Waals surface area (Å²) in [6, 6.07) is 0. The molecule has 0 atom stereocenters. The average molecular weight is 175 g/mol. The van der Waals surface area contributed by atoms with E-state index in [1.807, 2.05) is 0 Å². The molecule has 0 fully saturated rings. The van der Waals surface area contributed by atoms with E-state index < -0.39 is 0 Å². The Morgan fingerprint density at radius 2 is 2.00 bits per heavy atom. The van der Waals surface area contributed by atoms with Gasteiger partial charge in [-0.2, -0.15) is 0 Å². The molecule has 0 bridgehead atoms.